The Kier molecular flexibility index (Phi) is 6.07. The van der Waals surface area contributed by atoms with Gasteiger partial charge in [0.1, 0.15) is 5.65 Å². The Morgan fingerprint density at radius 1 is 1.10 bits per heavy atom. The van der Waals surface area contributed by atoms with E-state index >= 15 is 0 Å². The van der Waals surface area contributed by atoms with Gasteiger partial charge >= 0.3 is 0 Å². The van der Waals surface area contributed by atoms with Crippen LogP contribution in [-0.4, -0.2) is 82.5 Å². The highest BCUT2D eigenvalue weighted by molar-refractivity contribution is 5.93. The monoisotopic (exact) mass is 422 g/mol. The predicted molar refractivity (Wildman–Crippen MR) is 123 cm³/mol. The minimum absolute atomic E-state index is 0.618. The summed E-state index contributed by atoms with van der Waals surface area (Å²) in [5.74, 6) is 0.618. The summed E-state index contributed by atoms with van der Waals surface area (Å²) in [6.45, 7) is 5.63. The molecule has 0 amide bonds. The van der Waals surface area contributed by atoms with Crippen molar-refractivity contribution >= 4 is 11.0 Å². The molecule has 1 N–H and O–H groups in total. The van der Waals surface area contributed by atoms with Crippen LogP contribution in [0.15, 0.2) is 30.9 Å². The third kappa shape index (κ3) is 4.54. The molecule has 0 aromatic carbocycles. The van der Waals surface area contributed by atoms with E-state index in [2.05, 4.69) is 63.3 Å². The third-order valence-electron chi connectivity index (χ3n) is 7.14. The Hall–Kier alpha value is -2.22. The van der Waals surface area contributed by atoms with Crippen LogP contribution in [0.3, 0.4) is 0 Å². The Labute approximate surface area is 184 Å². The number of fused-ring (bicyclic) bond motifs is 1. The molecule has 0 atom stereocenters. The number of aromatic amines is 1. The maximum absolute atomic E-state index is 5.44. The standard InChI is InChI=1S/C24H34N6O/c1-28(2)21-5-3-18(4-6-21)19-13-22-23(16-26-24(22)25-14-19)20-15-27-30(17-20)8-7-29-9-11-31-12-10-29/h13-18,21H,3-12H2,1-2H3,(H,25,26)/t18-,21-. The number of ether oxygens (including phenoxy) is 1. The normalized spacial score (nSPS) is 23.1. The maximum atomic E-state index is 5.44. The lowest BCUT2D eigenvalue weighted by atomic mass is 9.81. The fourth-order valence-electron chi connectivity index (χ4n) is 5.10. The van der Waals surface area contributed by atoms with Gasteiger partial charge in [0.15, 0.2) is 0 Å². The van der Waals surface area contributed by atoms with Gasteiger partial charge in [-0.25, -0.2) is 4.98 Å². The van der Waals surface area contributed by atoms with Crippen LogP contribution < -0.4 is 0 Å². The van der Waals surface area contributed by atoms with Crippen molar-refractivity contribution in [1.29, 1.82) is 0 Å². The molecule has 5 rings (SSSR count). The second-order valence-electron chi connectivity index (χ2n) is 9.28. The highest BCUT2D eigenvalue weighted by Gasteiger charge is 2.24. The fraction of sp³-hybridized carbons (Fsp3) is 0.583. The molecule has 2 aliphatic rings. The average molecular weight is 423 g/mol. The first-order valence-corrected chi connectivity index (χ1v) is 11.6. The van der Waals surface area contributed by atoms with Crippen LogP contribution in [0.4, 0.5) is 0 Å². The van der Waals surface area contributed by atoms with Crippen molar-refractivity contribution < 1.29 is 4.74 Å². The Balaban J connectivity index is 1.30. The number of nitrogens with one attached hydrogen (secondary N) is 1. The topological polar surface area (TPSA) is 62.2 Å². The van der Waals surface area contributed by atoms with Crippen LogP contribution in [0.5, 0.6) is 0 Å². The van der Waals surface area contributed by atoms with E-state index in [0.717, 1.165) is 56.6 Å². The van der Waals surface area contributed by atoms with Gasteiger partial charge in [-0.3, -0.25) is 9.58 Å². The van der Waals surface area contributed by atoms with Crippen LogP contribution in [0.1, 0.15) is 37.2 Å². The third-order valence-corrected chi connectivity index (χ3v) is 7.14. The van der Waals surface area contributed by atoms with Gasteiger partial charge in [0.05, 0.1) is 26.0 Å². The first kappa shape index (κ1) is 20.7. The molecule has 1 aliphatic carbocycles. The Morgan fingerprint density at radius 2 is 1.90 bits per heavy atom. The minimum Gasteiger partial charge on any atom is -0.379 e. The minimum atomic E-state index is 0.618. The number of H-pyrrole nitrogens is 1. The molecule has 1 saturated heterocycles. The van der Waals surface area contributed by atoms with Crippen molar-refractivity contribution in [3.05, 3.63) is 36.4 Å². The molecule has 31 heavy (non-hydrogen) atoms. The van der Waals surface area contributed by atoms with Crippen molar-refractivity contribution in [2.24, 2.45) is 0 Å². The van der Waals surface area contributed by atoms with E-state index < -0.39 is 0 Å². The summed E-state index contributed by atoms with van der Waals surface area (Å²) in [6, 6.07) is 3.08. The van der Waals surface area contributed by atoms with Crippen molar-refractivity contribution in [3.63, 3.8) is 0 Å². The summed E-state index contributed by atoms with van der Waals surface area (Å²) in [5.41, 5.74) is 4.69. The molecule has 166 valence electrons. The number of aromatic nitrogens is 4. The summed E-state index contributed by atoms with van der Waals surface area (Å²) in [7, 11) is 4.40. The molecule has 0 radical (unpaired) electrons. The molecule has 0 bridgehead atoms. The molecule has 7 nitrogen and oxygen atoms in total. The number of morpholine rings is 1. The van der Waals surface area contributed by atoms with Crippen LogP contribution in [0, 0.1) is 0 Å². The molecule has 0 spiro atoms. The van der Waals surface area contributed by atoms with Gasteiger partial charge in [0, 0.05) is 60.8 Å². The summed E-state index contributed by atoms with van der Waals surface area (Å²) in [5, 5.41) is 5.83. The zero-order chi connectivity index (χ0) is 21.2. The summed E-state index contributed by atoms with van der Waals surface area (Å²) in [4.78, 5) is 12.9. The van der Waals surface area contributed by atoms with Gasteiger partial charge in [0.25, 0.3) is 0 Å². The first-order valence-electron chi connectivity index (χ1n) is 11.6. The lowest BCUT2D eigenvalue weighted by Crippen LogP contribution is -2.38. The molecular formula is C24H34N6O. The van der Waals surface area contributed by atoms with Gasteiger partial charge in [-0.1, -0.05) is 0 Å². The van der Waals surface area contributed by atoms with Crippen LogP contribution in [0.2, 0.25) is 0 Å². The van der Waals surface area contributed by atoms with Gasteiger partial charge in [0.2, 0.25) is 0 Å². The summed E-state index contributed by atoms with van der Waals surface area (Å²) in [6.07, 6.45) is 13.3. The number of rotatable bonds is 6. The van der Waals surface area contributed by atoms with E-state index in [-0.39, 0.29) is 0 Å². The van der Waals surface area contributed by atoms with Crippen molar-refractivity contribution in [3.8, 4) is 11.1 Å². The molecule has 7 heteroatoms. The van der Waals surface area contributed by atoms with E-state index in [0.29, 0.717) is 5.92 Å². The molecule has 3 aromatic rings. The second kappa shape index (κ2) is 9.10. The smallest absolute Gasteiger partial charge is 0.137 e. The first-order chi connectivity index (χ1) is 15.2. The van der Waals surface area contributed by atoms with Crippen LogP contribution in [0.25, 0.3) is 22.2 Å². The largest absolute Gasteiger partial charge is 0.379 e. The fourth-order valence-corrected chi connectivity index (χ4v) is 5.10. The zero-order valence-electron chi connectivity index (χ0n) is 18.8. The zero-order valence-corrected chi connectivity index (χ0v) is 18.8. The van der Waals surface area contributed by atoms with Gasteiger partial charge in [-0.05, 0) is 57.3 Å². The highest BCUT2D eigenvalue weighted by atomic mass is 16.5. The van der Waals surface area contributed by atoms with Crippen molar-refractivity contribution in [2.45, 2.75) is 44.2 Å². The molecule has 0 unspecified atom stereocenters. The second-order valence-corrected chi connectivity index (χ2v) is 9.28. The quantitative estimate of drug-likeness (QED) is 0.660. The lowest BCUT2D eigenvalue weighted by molar-refractivity contribution is 0.0360. The summed E-state index contributed by atoms with van der Waals surface area (Å²) < 4.78 is 7.50. The van der Waals surface area contributed by atoms with Crippen molar-refractivity contribution in [1.82, 2.24) is 29.5 Å². The Bertz CT molecular complexity index is 995. The van der Waals surface area contributed by atoms with Gasteiger partial charge in [-0.15, -0.1) is 0 Å². The number of nitrogens with zero attached hydrogens (tertiary/aromatic N) is 5. The number of pyridine rings is 1. The lowest BCUT2D eigenvalue weighted by Gasteiger charge is -2.32. The van der Waals surface area contributed by atoms with Gasteiger partial charge < -0.3 is 14.6 Å². The molecule has 4 heterocycles. The van der Waals surface area contributed by atoms with E-state index in [1.165, 1.54) is 42.2 Å². The molecule has 1 aliphatic heterocycles. The van der Waals surface area contributed by atoms with E-state index in [4.69, 9.17) is 9.72 Å². The molecule has 1 saturated carbocycles. The highest BCUT2D eigenvalue weighted by Crippen LogP contribution is 2.36. The number of hydrogen-bond donors (Lipinski definition) is 1. The Morgan fingerprint density at radius 3 is 2.68 bits per heavy atom. The molecule has 3 aromatic heterocycles. The van der Waals surface area contributed by atoms with Crippen molar-refractivity contribution in [2.75, 3.05) is 46.9 Å². The molecular weight excluding hydrogens is 388 g/mol. The van der Waals surface area contributed by atoms with E-state index in [1.54, 1.807) is 0 Å². The van der Waals surface area contributed by atoms with Gasteiger partial charge in [-0.2, -0.15) is 5.10 Å². The van der Waals surface area contributed by atoms with Crippen LogP contribution in [-0.2, 0) is 11.3 Å². The maximum Gasteiger partial charge on any atom is 0.137 e. The van der Waals surface area contributed by atoms with E-state index in [9.17, 15) is 0 Å². The average Bonchev–Trinajstić information content (AvgIpc) is 3.45. The SMILES string of the molecule is CN(C)[C@H]1CC[C@H](c2cnc3[nH]cc(-c4cnn(CCN5CCOCC5)c4)c3c2)CC1. The predicted octanol–water partition coefficient (Wildman–Crippen LogP) is 3.35. The number of hydrogen-bond acceptors (Lipinski definition) is 5. The van der Waals surface area contributed by atoms with E-state index in [1.807, 2.05) is 6.20 Å². The van der Waals surface area contributed by atoms with Crippen LogP contribution >= 0.6 is 0 Å². The molecule has 2 fully saturated rings. The summed E-state index contributed by atoms with van der Waals surface area (Å²) >= 11 is 0.